The Morgan fingerprint density at radius 3 is 2.62 bits per heavy atom. The molecule has 0 saturated heterocycles. The quantitative estimate of drug-likeness (QED) is 0.729. The monoisotopic (exact) mass is 238 g/mol. The zero-order valence-electron chi connectivity index (χ0n) is 10.0. The molecule has 0 atom stereocenters. The SMILES string of the molecule is Cc1cc(Cl)ncc1N(C)C1CCCCC1. The lowest BCUT2D eigenvalue weighted by molar-refractivity contribution is 0.427. The van der Waals surface area contributed by atoms with Crippen molar-refractivity contribution in [3.8, 4) is 0 Å². The van der Waals surface area contributed by atoms with Crippen molar-refractivity contribution in [3.63, 3.8) is 0 Å². The van der Waals surface area contributed by atoms with Crippen LogP contribution >= 0.6 is 11.6 Å². The van der Waals surface area contributed by atoms with Crippen molar-refractivity contribution < 1.29 is 0 Å². The molecule has 0 amide bonds. The number of rotatable bonds is 2. The highest BCUT2D eigenvalue weighted by molar-refractivity contribution is 6.29. The molecule has 16 heavy (non-hydrogen) atoms. The van der Waals surface area contributed by atoms with Crippen LogP contribution in [0.3, 0.4) is 0 Å². The first-order chi connectivity index (χ1) is 7.68. The van der Waals surface area contributed by atoms with Crippen molar-refractivity contribution in [3.05, 3.63) is 23.0 Å². The molecule has 0 bridgehead atoms. The number of hydrogen-bond acceptors (Lipinski definition) is 2. The zero-order chi connectivity index (χ0) is 11.5. The van der Waals surface area contributed by atoms with E-state index in [1.165, 1.54) is 43.4 Å². The van der Waals surface area contributed by atoms with Gasteiger partial charge < -0.3 is 4.90 Å². The highest BCUT2D eigenvalue weighted by Crippen LogP contribution is 2.28. The molecule has 3 heteroatoms. The molecule has 1 aromatic heterocycles. The average molecular weight is 239 g/mol. The predicted octanol–water partition coefficient (Wildman–Crippen LogP) is 3.81. The molecule has 88 valence electrons. The number of nitrogens with zero attached hydrogens (tertiary/aromatic N) is 2. The van der Waals surface area contributed by atoms with Crippen LogP contribution in [-0.4, -0.2) is 18.1 Å². The Hall–Kier alpha value is -0.760. The molecule has 1 aliphatic rings. The fourth-order valence-electron chi connectivity index (χ4n) is 2.55. The van der Waals surface area contributed by atoms with E-state index >= 15 is 0 Å². The molecular weight excluding hydrogens is 220 g/mol. The topological polar surface area (TPSA) is 16.1 Å². The second kappa shape index (κ2) is 5.05. The van der Waals surface area contributed by atoms with Crippen LogP contribution < -0.4 is 4.90 Å². The Bertz CT molecular complexity index is 359. The lowest BCUT2D eigenvalue weighted by Crippen LogP contribution is -2.33. The van der Waals surface area contributed by atoms with Crippen molar-refractivity contribution in [1.82, 2.24) is 4.98 Å². The minimum absolute atomic E-state index is 0.582. The van der Waals surface area contributed by atoms with Crippen molar-refractivity contribution in [2.45, 2.75) is 45.1 Å². The van der Waals surface area contributed by atoms with Crippen molar-refractivity contribution in [2.75, 3.05) is 11.9 Å². The predicted molar refractivity (Wildman–Crippen MR) is 69.3 cm³/mol. The van der Waals surface area contributed by atoms with Crippen LogP contribution in [0.5, 0.6) is 0 Å². The van der Waals surface area contributed by atoms with Gasteiger partial charge in [0.25, 0.3) is 0 Å². The van der Waals surface area contributed by atoms with Crippen LogP contribution in [0.25, 0.3) is 0 Å². The standard InChI is InChI=1S/C13H19ClN2/c1-10-8-13(14)15-9-12(10)16(2)11-6-4-3-5-7-11/h8-9,11H,3-7H2,1-2H3. The summed E-state index contributed by atoms with van der Waals surface area (Å²) in [5.41, 5.74) is 2.43. The zero-order valence-corrected chi connectivity index (χ0v) is 10.8. The first-order valence-electron chi connectivity index (χ1n) is 6.03. The fourth-order valence-corrected chi connectivity index (χ4v) is 2.76. The summed E-state index contributed by atoms with van der Waals surface area (Å²) in [6, 6.07) is 2.62. The number of pyridine rings is 1. The molecule has 0 aliphatic heterocycles. The molecule has 1 aromatic rings. The van der Waals surface area contributed by atoms with Gasteiger partial charge in [-0.1, -0.05) is 30.9 Å². The number of hydrogen-bond donors (Lipinski definition) is 0. The maximum atomic E-state index is 5.88. The Labute approximate surface area is 103 Å². The van der Waals surface area contributed by atoms with Gasteiger partial charge >= 0.3 is 0 Å². The lowest BCUT2D eigenvalue weighted by atomic mass is 9.94. The molecule has 0 unspecified atom stereocenters. The first kappa shape index (κ1) is 11.7. The number of aromatic nitrogens is 1. The van der Waals surface area contributed by atoms with Gasteiger partial charge in [-0.2, -0.15) is 0 Å². The van der Waals surface area contributed by atoms with Crippen LogP contribution in [0.1, 0.15) is 37.7 Å². The Balaban J connectivity index is 2.15. The summed E-state index contributed by atoms with van der Waals surface area (Å²) in [6.07, 6.45) is 8.61. The maximum absolute atomic E-state index is 5.88. The van der Waals surface area contributed by atoms with E-state index in [2.05, 4.69) is 23.9 Å². The summed E-state index contributed by atoms with van der Waals surface area (Å²) in [4.78, 5) is 6.55. The van der Waals surface area contributed by atoms with Gasteiger partial charge in [-0.25, -0.2) is 4.98 Å². The summed E-state index contributed by atoms with van der Waals surface area (Å²) in [5, 5.41) is 0.582. The second-order valence-corrected chi connectivity index (χ2v) is 5.08. The lowest BCUT2D eigenvalue weighted by Gasteiger charge is -2.33. The highest BCUT2D eigenvalue weighted by atomic mass is 35.5. The smallest absolute Gasteiger partial charge is 0.129 e. The van der Waals surface area contributed by atoms with E-state index in [1.807, 2.05) is 12.3 Å². The molecule has 1 heterocycles. The van der Waals surface area contributed by atoms with Gasteiger partial charge in [-0.3, -0.25) is 0 Å². The van der Waals surface area contributed by atoms with Crippen molar-refractivity contribution >= 4 is 17.3 Å². The van der Waals surface area contributed by atoms with E-state index in [1.54, 1.807) is 0 Å². The van der Waals surface area contributed by atoms with Gasteiger partial charge in [0.15, 0.2) is 0 Å². The minimum Gasteiger partial charge on any atom is -0.370 e. The van der Waals surface area contributed by atoms with Crippen molar-refractivity contribution in [2.24, 2.45) is 0 Å². The molecule has 2 rings (SSSR count). The Morgan fingerprint density at radius 1 is 1.31 bits per heavy atom. The summed E-state index contributed by atoms with van der Waals surface area (Å²) in [5.74, 6) is 0. The Morgan fingerprint density at radius 2 is 2.00 bits per heavy atom. The highest BCUT2D eigenvalue weighted by Gasteiger charge is 2.19. The fraction of sp³-hybridized carbons (Fsp3) is 0.615. The number of halogens is 1. The summed E-state index contributed by atoms with van der Waals surface area (Å²) >= 11 is 5.88. The van der Waals surface area contributed by atoms with Crippen LogP contribution in [0, 0.1) is 6.92 Å². The van der Waals surface area contributed by atoms with E-state index in [0.717, 1.165) is 0 Å². The molecule has 0 spiro atoms. The third kappa shape index (κ3) is 2.49. The van der Waals surface area contributed by atoms with Gasteiger partial charge in [-0.05, 0) is 31.4 Å². The Kier molecular flexibility index (Phi) is 3.70. The third-order valence-corrected chi connectivity index (χ3v) is 3.76. The normalized spacial score (nSPS) is 17.4. The molecule has 1 fully saturated rings. The third-order valence-electron chi connectivity index (χ3n) is 3.55. The summed E-state index contributed by atoms with van der Waals surface area (Å²) in [7, 11) is 2.17. The van der Waals surface area contributed by atoms with Gasteiger partial charge in [0.05, 0.1) is 11.9 Å². The average Bonchev–Trinajstić information content (AvgIpc) is 2.29. The van der Waals surface area contributed by atoms with E-state index in [9.17, 15) is 0 Å². The summed E-state index contributed by atoms with van der Waals surface area (Å²) in [6.45, 7) is 2.10. The molecule has 0 N–H and O–H groups in total. The minimum atomic E-state index is 0.582. The molecule has 1 saturated carbocycles. The van der Waals surface area contributed by atoms with E-state index in [4.69, 9.17) is 11.6 Å². The first-order valence-corrected chi connectivity index (χ1v) is 6.41. The summed E-state index contributed by atoms with van der Waals surface area (Å²) < 4.78 is 0. The molecular formula is C13H19ClN2. The second-order valence-electron chi connectivity index (χ2n) is 4.70. The number of anilines is 1. The maximum Gasteiger partial charge on any atom is 0.129 e. The van der Waals surface area contributed by atoms with Gasteiger partial charge in [0.1, 0.15) is 5.15 Å². The molecule has 1 aliphatic carbocycles. The van der Waals surface area contributed by atoms with E-state index in [0.29, 0.717) is 11.2 Å². The molecule has 2 nitrogen and oxygen atoms in total. The van der Waals surface area contributed by atoms with Crippen LogP contribution in [0.15, 0.2) is 12.3 Å². The van der Waals surface area contributed by atoms with E-state index < -0.39 is 0 Å². The number of aryl methyl sites for hydroxylation is 1. The molecule has 0 radical (unpaired) electrons. The van der Waals surface area contributed by atoms with Crippen LogP contribution in [-0.2, 0) is 0 Å². The largest absolute Gasteiger partial charge is 0.370 e. The van der Waals surface area contributed by atoms with Crippen LogP contribution in [0.4, 0.5) is 5.69 Å². The van der Waals surface area contributed by atoms with Gasteiger partial charge in [-0.15, -0.1) is 0 Å². The van der Waals surface area contributed by atoms with Crippen LogP contribution in [0.2, 0.25) is 5.15 Å². The van der Waals surface area contributed by atoms with Crippen molar-refractivity contribution in [1.29, 1.82) is 0 Å². The van der Waals surface area contributed by atoms with Gasteiger partial charge in [0.2, 0.25) is 0 Å². The molecule has 0 aromatic carbocycles. The van der Waals surface area contributed by atoms with Gasteiger partial charge in [0, 0.05) is 13.1 Å². The van der Waals surface area contributed by atoms with E-state index in [-0.39, 0.29) is 0 Å².